The van der Waals surface area contributed by atoms with Gasteiger partial charge in [0.1, 0.15) is 0 Å². The van der Waals surface area contributed by atoms with E-state index in [4.69, 9.17) is 0 Å². The van der Waals surface area contributed by atoms with Crippen molar-refractivity contribution in [1.29, 1.82) is 0 Å². The maximum Gasteiger partial charge on any atom is 0.0541 e. The third-order valence-electron chi connectivity index (χ3n) is 14.6. The summed E-state index contributed by atoms with van der Waals surface area (Å²) in [7, 11) is 0. The molecule has 0 saturated carbocycles. The molecule has 0 unspecified atom stereocenters. The van der Waals surface area contributed by atoms with E-state index in [0.29, 0.717) is 0 Å². The van der Waals surface area contributed by atoms with Crippen molar-refractivity contribution in [3.63, 3.8) is 0 Å². The van der Waals surface area contributed by atoms with Crippen LogP contribution in [0.15, 0.2) is 237 Å². The molecular weight excluding hydrogens is 821 g/mol. The number of nitrogens with zero attached hydrogens (tertiary/aromatic N) is 2. The van der Waals surface area contributed by atoms with E-state index in [-0.39, 0.29) is 5.41 Å². The third kappa shape index (κ3) is 6.18. The zero-order valence-electron chi connectivity index (χ0n) is 38.4. The van der Waals surface area contributed by atoms with E-state index in [1.165, 1.54) is 105 Å². The number of anilines is 3. The number of aromatic nitrogens is 1. The summed E-state index contributed by atoms with van der Waals surface area (Å²) in [6, 6.07) is 87.4. The molecule has 0 N–H and O–H groups in total. The van der Waals surface area contributed by atoms with Crippen molar-refractivity contribution in [2.24, 2.45) is 0 Å². The highest BCUT2D eigenvalue weighted by Gasteiger charge is 2.37. The summed E-state index contributed by atoms with van der Waals surface area (Å²) in [5.74, 6) is 0. The minimum absolute atomic E-state index is 0.254. The van der Waals surface area contributed by atoms with E-state index < -0.39 is 0 Å². The smallest absolute Gasteiger partial charge is 0.0541 e. The van der Waals surface area contributed by atoms with Crippen LogP contribution in [0.25, 0.3) is 93.5 Å². The Hall–Kier alpha value is -8.46. The van der Waals surface area contributed by atoms with Gasteiger partial charge in [0, 0.05) is 38.9 Å². The van der Waals surface area contributed by atoms with Gasteiger partial charge in [-0.25, -0.2) is 0 Å². The fourth-order valence-electron chi connectivity index (χ4n) is 11.5. The van der Waals surface area contributed by atoms with Crippen LogP contribution >= 0.6 is 0 Å². The van der Waals surface area contributed by atoms with E-state index in [0.717, 1.165) is 22.7 Å². The van der Waals surface area contributed by atoms with Gasteiger partial charge < -0.3 is 9.47 Å². The molecule has 322 valence electrons. The largest absolute Gasteiger partial charge is 0.310 e. The van der Waals surface area contributed by atoms with Crippen LogP contribution in [-0.4, -0.2) is 4.57 Å². The van der Waals surface area contributed by atoms with Gasteiger partial charge in [0.05, 0.1) is 11.0 Å². The predicted octanol–water partition coefficient (Wildman–Crippen LogP) is 18.2. The van der Waals surface area contributed by atoms with Crippen molar-refractivity contribution in [2.75, 3.05) is 4.90 Å². The molecule has 0 bridgehead atoms. The summed E-state index contributed by atoms with van der Waals surface area (Å²) in [5.41, 5.74) is 20.8. The normalized spacial score (nSPS) is 12.8. The van der Waals surface area contributed by atoms with Crippen molar-refractivity contribution >= 4 is 60.4 Å². The van der Waals surface area contributed by atoms with Gasteiger partial charge in [-0.3, -0.25) is 0 Å². The molecule has 0 fully saturated rings. The monoisotopic (exact) mass is 868 g/mol. The summed E-state index contributed by atoms with van der Waals surface area (Å²) in [6.07, 6.45) is 0. The standard InChI is InChI=1S/C66H48N2/c1-43-30-37-58-59(40-43)64(56-26-12-13-27-57(56)65(58)55-25-11-10-22-50(55)44-18-6-4-7-19-44)45-31-38-51-52-39-36-49(42-61(52)66(2,3)60(51)41-45)67(46-20-8-5-9-21-46)47-32-34-48(35-33-47)68-62-28-16-14-23-53(62)54-24-15-17-29-63(54)68/h4-42H,1-3H3. The first-order chi connectivity index (χ1) is 33.4. The Labute approximate surface area is 397 Å². The SMILES string of the molecule is Cc1ccc2c(-c3ccccc3-c3ccccc3)c3ccccc3c(-c3ccc4c(c3)C(C)(C)c3cc(N(c5ccccc5)c5ccc(-n6c7ccccc7c7ccccc76)cc5)ccc3-4)c2c1. The fourth-order valence-corrected chi connectivity index (χ4v) is 11.5. The molecular formula is C66H48N2. The summed E-state index contributed by atoms with van der Waals surface area (Å²) in [6.45, 7) is 7.03. The first-order valence-electron chi connectivity index (χ1n) is 23.8. The van der Waals surface area contributed by atoms with Crippen molar-refractivity contribution in [1.82, 2.24) is 4.57 Å². The van der Waals surface area contributed by atoms with Crippen LogP contribution in [-0.2, 0) is 5.41 Å². The molecule has 12 aromatic rings. The quantitative estimate of drug-likeness (QED) is 0.145. The van der Waals surface area contributed by atoms with Crippen LogP contribution in [0, 0.1) is 6.92 Å². The minimum atomic E-state index is -0.254. The second kappa shape index (κ2) is 15.6. The van der Waals surface area contributed by atoms with Crippen molar-refractivity contribution in [3.05, 3.63) is 253 Å². The number of hydrogen-bond donors (Lipinski definition) is 0. The number of rotatable bonds is 7. The highest BCUT2D eigenvalue weighted by Crippen LogP contribution is 2.53. The van der Waals surface area contributed by atoms with Gasteiger partial charge in [-0.15, -0.1) is 0 Å². The summed E-state index contributed by atoms with van der Waals surface area (Å²) < 4.78 is 2.39. The Balaban J connectivity index is 0.928. The maximum atomic E-state index is 2.50. The van der Waals surface area contributed by atoms with Crippen LogP contribution < -0.4 is 4.90 Å². The second-order valence-corrected chi connectivity index (χ2v) is 18.9. The molecule has 0 saturated heterocycles. The minimum Gasteiger partial charge on any atom is -0.310 e. The van der Waals surface area contributed by atoms with Crippen LogP contribution in [0.3, 0.4) is 0 Å². The fraction of sp³-hybridized carbons (Fsp3) is 0.0606. The lowest BCUT2D eigenvalue weighted by molar-refractivity contribution is 0.660. The van der Waals surface area contributed by atoms with E-state index in [2.05, 4.69) is 267 Å². The summed E-state index contributed by atoms with van der Waals surface area (Å²) in [4.78, 5) is 2.40. The van der Waals surface area contributed by atoms with Crippen LogP contribution in [0.1, 0.15) is 30.5 Å². The molecule has 2 nitrogen and oxygen atoms in total. The van der Waals surface area contributed by atoms with Gasteiger partial charge in [-0.2, -0.15) is 0 Å². The van der Waals surface area contributed by atoms with E-state index >= 15 is 0 Å². The van der Waals surface area contributed by atoms with E-state index in [1.807, 2.05) is 0 Å². The van der Waals surface area contributed by atoms with Crippen molar-refractivity contribution in [2.45, 2.75) is 26.2 Å². The number of hydrogen-bond acceptors (Lipinski definition) is 1. The molecule has 68 heavy (non-hydrogen) atoms. The molecule has 1 aromatic heterocycles. The van der Waals surface area contributed by atoms with Crippen LogP contribution in [0.2, 0.25) is 0 Å². The molecule has 2 heteroatoms. The number of fused-ring (bicyclic) bond motifs is 8. The molecule has 1 aliphatic carbocycles. The molecule has 11 aromatic carbocycles. The second-order valence-electron chi connectivity index (χ2n) is 18.9. The number of benzene rings is 11. The average Bonchev–Trinajstić information content (AvgIpc) is 3.84. The lowest BCUT2D eigenvalue weighted by atomic mass is 9.80. The van der Waals surface area contributed by atoms with Gasteiger partial charge in [0.25, 0.3) is 0 Å². The lowest BCUT2D eigenvalue weighted by Crippen LogP contribution is -2.16. The summed E-state index contributed by atoms with van der Waals surface area (Å²) in [5, 5.41) is 7.61. The van der Waals surface area contributed by atoms with E-state index in [9.17, 15) is 0 Å². The highest BCUT2D eigenvalue weighted by atomic mass is 15.1. The van der Waals surface area contributed by atoms with Crippen molar-refractivity contribution in [3.8, 4) is 50.2 Å². The Morgan fingerprint density at radius 1 is 0.338 bits per heavy atom. The third-order valence-corrected chi connectivity index (χ3v) is 14.6. The van der Waals surface area contributed by atoms with Crippen molar-refractivity contribution < 1.29 is 0 Å². The van der Waals surface area contributed by atoms with Gasteiger partial charge in [-0.05, 0) is 151 Å². The Morgan fingerprint density at radius 2 is 0.853 bits per heavy atom. The predicted molar refractivity (Wildman–Crippen MR) is 289 cm³/mol. The Kier molecular flexibility index (Phi) is 9.13. The Bertz CT molecular complexity index is 3880. The molecule has 13 rings (SSSR count). The molecule has 1 heterocycles. The molecule has 0 aliphatic heterocycles. The van der Waals surface area contributed by atoms with Gasteiger partial charge in [0.15, 0.2) is 0 Å². The lowest BCUT2D eigenvalue weighted by Gasteiger charge is -2.28. The first kappa shape index (κ1) is 39.9. The van der Waals surface area contributed by atoms with Crippen LogP contribution in [0.4, 0.5) is 17.1 Å². The molecule has 0 amide bonds. The highest BCUT2D eigenvalue weighted by molar-refractivity contribution is 6.22. The first-order valence-corrected chi connectivity index (χ1v) is 23.8. The van der Waals surface area contributed by atoms with Gasteiger partial charge >= 0.3 is 0 Å². The molecule has 0 atom stereocenters. The molecule has 0 radical (unpaired) electrons. The zero-order valence-corrected chi connectivity index (χ0v) is 38.4. The maximum absolute atomic E-state index is 2.50. The number of aryl methyl sites for hydroxylation is 1. The number of para-hydroxylation sites is 3. The molecule has 1 aliphatic rings. The zero-order chi connectivity index (χ0) is 45.5. The average molecular weight is 869 g/mol. The topological polar surface area (TPSA) is 8.17 Å². The Morgan fingerprint density at radius 3 is 1.54 bits per heavy atom. The van der Waals surface area contributed by atoms with Gasteiger partial charge in [0.2, 0.25) is 0 Å². The molecule has 0 spiro atoms. The van der Waals surface area contributed by atoms with Crippen LogP contribution in [0.5, 0.6) is 0 Å². The van der Waals surface area contributed by atoms with Gasteiger partial charge in [-0.1, -0.05) is 189 Å². The summed E-state index contributed by atoms with van der Waals surface area (Å²) >= 11 is 0. The van der Waals surface area contributed by atoms with E-state index in [1.54, 1.807) is 0 Å².